The second-order valence-electron chi connectivity index (χ2n) is 7.35. The Kier molecular flexibility index (Phi) is 4.23. The zero-order valence-corrected chi connectivity index (χ0v) is 16.0. The number of non-ortho nitro benzene ring substituents is 1. The lowest BCUT2D eigenvalue weighted by Crippen LogP contribution is -2.31. The second-order valence-corrected chi connectivity index (χ2v) is 7.35. The van der Waals surface area contributed by atoms with Gasteiger partial charge in [-0.15, -0.1) is 0 Å². The van der Waals surface area contributed by atoms with Crippen molar-refractivity contribution in [2.75, 3.05) is 11.4 Å². The highest BCUT2D eigenvalue weighted by atomic mass is 16.6. The van der Waals surface area contributed by atoms with Crippen LogP contribution in [0.3, 0.4) is 0 Å². The number of rotatable bonds is 3. The maximum absolute atomic E-state index is 11.0. The van der Waals surface area contributed by atoms with Gasteiger partial charge in [-0.3, -0.25) is 10.1 Å². The third kappa shape index (κ3) is 2.85. The summed E-state index contributed by atoms with van der Waals surface area (Å²) in [6.07, 6.45) is 0.855. The standard InChI is InChI=1S/C20H20N6O2/c1-12(2)20-23-17-11-25(7-6-18(17)24(20)3)19-8-13(10-21)15-9-14(26(27)28)4-5-16(15)22-19/h4-5,8-9,12H,6-7,11H2,1-3H3. The Bertz CT molecular complexity index is 1140. The lowest BCUT2D eigenvalue weighted by molar-refractivity contribution is -0.384. The Labute approximate surface area is 162 Å². The van der Waals surface area contributed by atoms with Crippen LogP contribution in [0.2, 0.25) is 0 Å². The largest absolute Gasteiger partial charge is 0.350 e. The number of nitro benzene ring substituents is 1. The van der Waals surface area contributed by atoms with Gasteiger partial charge in [0.05, 0.1) is 34.3 Å². The third-order valence-corrected chi connectivity index (χ3v) is 5.24. The smallest absolute Gasteiger partial charge is 0.270 e. The van der Waals surface area contributed by atoms with E-state index in [9.17, 15) is 15.4 Å². The number of benzene rings is 1. The number of hydrogen-bond acceptors (Lipinski definition) is 6. The lowest BCUT2D eigenvalue weighted by atomic mass is 10.1. The van der Waals surface area contributed by atoms with E-state index in [4.69, 9.17) is 4.98 Å². The molecule has 0 fully saturated rings. The molecule has 2 aromatic heterocycles. The van der Waals surface area contributed by atoms with Gasteiger partial charge in [-0.2, -0.15) is 5.26 Å². The monoisotopic (exact) mass is 376 g/mol. The van der Waals surface area contributed by atoms with Gasteiger partial charge in [0, 0.05) is 49.1 Å². The predicted molar refractivity (Wildman–Crippen MR) is 105 cm³/mol. The average molecular weight is 376 g/mol. The Morgan fingerprint density at radius 2 is 2.07 bits per heavy atom. The highest BCUT2D eigenvalue weighted by molar-refractivity contribution is 5.88. The van der Waals surface area contributed by atoms with Crippen molar-refractivity contribution in [3.8, 4) is 6.07 Å². The molecule has 0 saturated carbocycles. The average Bonchev–Trinajstić information content (AvgIpc) is 3.02. The molecule has 1 aliphatic heterocycles. The number of nitrogens with zero attached hydrogens (tertiary/aromatic N) is 6. The maximum atomic E-state index is 11.0. The zero-order chi connectivity index (χ0) is 20.0. The molecule has 3 heterocycles. The molecule has 4 rings (SSSR count). The van der Waals surface area contributed by atoms with Crippen molar-refractivity contribution in [1.82, 2.24) is 14.5 Å². The second kappa shape index (κ2) is 6.60. The van der Waals surface area contributed by atoms with Gasteiger partial charge in [-0.25, -0.2) is 9.97 Å². The highest BCUT2D eigenvalue weighted by Crippen LogP contribution is 2.30. The first kappa shape index (κ1) is 17.9. The van der Waals surface area contributed by atoms with E-state index >= 15 is 0 Å². The summed E-state index contributed by atoms with van der Waals surface area (Å²) in [4.78, 5) is 22.2. The van der Waals surface area contributed by atoms with Crippen LogP contribution < -0.4 is 4.90 Å². The Morgan fingerprint density at radius 1 is 1.29 bits per heavy atom. The molecule has 3 aromatic rings. The number of nitro groups is 1. The molecule has 142 valence electrons. The van der Waals surface area contributed by atoms with Gasteiger partial charge in [-0.1, -0.05) is 13.8 Å². The number of anilines is 1. The van der Waals surface area contributed by atoms with E-state index in [1.165, 1.54) is 17.8 Å². The Hall–Kier alpha value is -3.47. The van der Waals surface area contributed by atoms with Crippen molar-refractivity contribution in [2.45, 2.75) is 32.7 Å². The van der Waals surface area contributed by atoms with Gasteiger partial charge < -0.3 is 9.47 Å². The van der Waals surface area contributed by atoms with Gasteiger partial charge in [0.25, 0.3) is 5.69 Å². The van der Waals surface area contributed by atoms with Crippen molar-refractivity contribution in [3.63, 3.8) is 0 Å². The molecule has 8 heteroatoms. The fraction of sp³-hybridized carbons (Fsp3) is 0.350. The fourth-order valence-corrected chi connectivity index (χ4v) is 3.83. The first-order chi connectivity index (χ1) is 13.4. The molecular formula is C20H20N6O2. The summed E-state index contributed by atoms with van der Waals surface area (Å²) in [6, 6.07) is 8.30. The quantitative estimate of drug-likeness (QED) is 0.513. The van der Waals surface area contributed by atoms with Crippen molar-refractivity contribution in [2.24, 2.45) is 7.05 Å². The zero-order valence-electron chi connectivity index (χ0n) is 16.0. The van der Waals surface area contributed by atoms with Crippen LogP contribution >= 0.6 is 0 Å². The van der Waals surface area contributed by atoms with E-state index in [1.54, 1.807) is 12.1 Å². The van der Waals surface area contributed by atoms with Crippen LogP contribution in [0.25, 0.3) is 10.9 Å². The van der Waals surface area contributed by atoms with E-state index in [0.717, 1.165) is 24.5 Å². The molecule has 0 radical (unpaired) electrons. The van der Waals surface area contributed by atoms with E-state index in [2.05, 4.69) is 41.4 Å². The van der Waals surface area contributed by atoms with Gasteiger partial charge in [0.1, 0.15) is 11.6 Å². The first-order valence-electron chi connectivity index (χ1n) is 9.17. The van der Waals surface area contributed by atoms with Crippen molar-refractivity contribution < 1.29 is 4.92 Å². The fourth-order valence-electron chi connectivity index (χ4n) is 3.83. The molecule has 0 unspecified atom stereocenters. The van der Waals surface area contributed by atoms with E-state index in [0.29, 0.717) is 34.7 Å². The summed E-state index contributed by atoms with van der Waals surface area (Å²) in [5.74, 6) is 2.12. The molecular weight excluding hydrogens is 356 g/mol. The van der Waals surface area contributed by atoms with E-state index in [-0.39, 0.29) is 5.69 Å². The summed E-state index contributed by atoms with van der Waals surface area (Å²) in [6.45, 7) is 5.68. The third-order valence-electron chi connectivity index (χ3n) is 5.24. The highest BCUT2D eigenvalue weighted by Gasteiger charge is 2.25. The number of hydrogen-bond donors (Lipinski definition) is 0. The molecule has 1 aromatic carbocycles. The van der Waals surface area contributed by atoms with E-state index < -0.39 is 4.92 Å². The Morgan fingerprint density at radius 3 is 2.75 bits per heavy atom. The minimum Gasteiger partial charge on any atom is -0.350 e. The van der Waals surface area contributed by atoms with Crippen molar-refractivity contribution in [3.05, 3.63) is 57.2 Å². The molecule has 1 aliphatic rings. The first-order valence-corrected chi connectivity index (χ1v) is 9.17. The normalized spacial score (nSPS) is 13.6. The van der Waals surface area contributed by atoms with Gasteiger partial charge >= 0.3 is 0 Å². The van der Waals surface area contributed by atoms with Crippen LogP contribution in [0.5, 0.6) is 0 Å². The molecule has 0 aliphatic carbocycles. The molecule has 0 spiro atoms. The molecule has 0 saturated heterocycles. The van der Waals surface area contributed by atoms with Crippen molar-refractivity contribution in [1.29, 1.82) is 5.26 Å². The molecule has 28 heavy (non-hydrogen) atoms. The van der Waals surface area contributed by atoms with Crippen LogP contribution in [-0.4, -0.2) is 26.0 Å². The SMILES string of the molecule is CC(C)c1nc2c(n1C)CCN(c1cc(C#N)c3cc([N+](=O)[O-])ccc3n1)C2. The molecule has 0 amide bonds. The summed E-state index contributed by atoms with van der Waals surface area (Å²) < 4.78 is 2.19. The number of fused-ring (bicyclic) bond motifs is 2. The van der Waals surface area contributed by atoms with Crippen LogP contribution in [-0.2, 0) is 20.0 Å². The minimum atomic E-state index is -0.464. The van der Waals surface area contributed by atoms with Gasteiger partial charge in [0.15, 0.2) is 0 Å². The molecule has 0 atom stereocenters. The van der Waals surface area contributed by atoms with Crippen LogP contribution in [0.15, 0.2) is 24.3 Å². The van der Waals surface area contributed by atoms with Crippen LogP contribution in [0.4, 0.5) is 11.5 Å². The molecule has 0 N–H and O–H groups in total. The number of nitriles is 1. The van der Waals surface area contributed by atoms with E-state index in [1.807, 2.05) is 0 Å². The molecule has 0 bridgehead atoms. The minimum absolute atomic E-state index is 0.0455. The Balaban J connectivity index is 1.74. The summed E-state index contributed by atoms with van der Waals surface area (Å²) >= 11 is 0. The number of aromatic nitrogens is 3. The topological polar surface area (TPSA) is 101 Å². The number of imidazole rings is 1. The van der Waals surface area contributed by atoms with Gasteiger partial charge in [0.2, 0.25) is 0 Å². The number of pyridine rings is 1. The van der Waals surface area contributed by atoms with Crippen molar-refractivity contribution >= 4 is 22.4 Å². The summed E-state index contributed by atoms with van der Waals surface area (Å²) in [7, 11) is 2.06. The lowest BCUT2D eigenvalue weighted by Gasteiger charge is -2.28. The summed E-state index contributed by atoms with van der Waals surface area (Å²) in [5.41, 5.74) is 3.21. The van der Waals surface area contributed by atoms with Gasteiger partial charge in [-0.05, 0) is 12.1 Å². The maximum Gasteiger partial charge on any atom is 0.270 e. The summed E-state index contributed by atoms with van der Waals surface area (Å²) in [5, 5.41) is 21.1. The van der Waals surface area contributed by atoms with Crippen LogP contribution in [0, 0.1) is 21.4 Å². The van der Waals surface area contributed by atoms with Crippen LogP contribution in [0.1, 0.15) is 42.5 Å². The molecule has 8 nitrogen and oxygen atoms in total. The predicted octanol–water partition coefficient (Wildman–Crippen LogP) is 3.43.